The zero-order valence-corrected chi connectivity index (χ0v) is 38.3. The molecule has 7 aromatic carbocycles. The van der Waals surface area contributed by atoms with Crippen LogP contribution < -0.4 is 31.2 Å². The standard InChI is InChI=1S/C25H28N2O2S.C21H22N2O.C9H6N2O2/c1-30-18-16-25(28)27-22-9-13-24(14-10-22)29-23-11-7-20(8-12-23)15-17-26-19-21-5-3-2-4-6-21;22-19-8-12-21(13-9-19)24-20-10-6-17(7-11-20)14-15-23-16-18-4-2-1-3-5-18;12-9(13)8-5-10-6-3-1-2-4-7(6)11-8/h2-14,26H,15-19H2,1H3,(H,27,28);1-13,23H,14-16,22H2;1-5H,(H,12,13). The number of para-hydroxylation sites is 2. The third-order valence-corrected chi connectivity index (χ3v) is 10.7. The van der Waals surface area contributed by atoms with E-state index in [1.165, 1.54) is 28.5 Å². The van der Waals surface area contributed by atoms with Crippen LogP contribution in [0, 0.1) is 0 Å². The Balaban J connectivity index is 0.000000178. The number of hydrogen-bond donors (Lipinski definition) is 5. The van der Waals surface area contributed by atoms with Crippen molar-refractivity contribution in [2.45, 2.75) is 32.4 Å². The number of carboxylic acid groups (broad SMARTS) is 1. The molecule has 11 nitrogen and oxygen atoms in total. The second kappa shape index (κ2) is 27.1. The molecule has 0 saturated carbocycles. The molecule has 1 aromatic heterocycles. The molecule has 8 aromatic rings. The number of nitrogen functional groups attached to an aromatic ring is 1. The minimum atomic E-state index is -1.06. The quantitative estimate of drug-likeness (QED) is 0.0388. The summed E-state index contributed by atoms with van der Waals surface area (Å²) in [5.41, 5.74) is 13.6. The maximum absolute atomic E-state index is 11.8. The van der Waals surface area contributed by atoms with Crippen molar-refractivity contribution in [2.24, 2.45) is 0 Å². The van der Waals surface area contributed by atoms with E-state index in [0.717, 1.165) is 79.1 Å². The van der Waals surface area contributed by atoms with Gasteiger partial charge in [0.15, 0.2) is 5.69 Å². The number of carboxylic acids is 1. The van der Waals surface area contributed by atoms with Crippen molar-refractivity contribution < 1.29 is 24.2 Å². The maximum atomic E-state index is 11.8. The molecule has 8 rings (SSSR count). The van der Waals surface area contributed by atoms with Gasteiger partial charge in [-0.25, -0.2) is 9.78 Å². The molecule has 0 unspecified atom stereocenters. The Labute approximate surface area is 396 Å². The first-order chi connectivity index (χ1) is 32.8. The molecule has 67 heavy (non-hydrogen) atoms. The molecule has 1 heterocycles. The molecule has 0 spiro atoms. The van der Waals surface area contributed by atoms with Gasteiger partial charge in [0.1, 0.15) is 23.0 Å². The summed E-state index contributed by atoms with van der Waals surface area (Å²) in [4.78, 5) is 30.2. The van der Waals surface area contributed by atoms with Gasteiger partial charge in [0.05, 0.1) is 17.2 Å². The predicted octanol–water partition coefficient (Wildman–Crippen LogP) is 11.2. The van der Waals surface area contributed by atoms with Crippen LogP contribution >= 0.6 is 11.8 Å². The minimum Gasteiger partial charge on any atom is -0.476 e. The van der Waals surface area contributed by atoms with Crippen LogP contribution in [0.3, 0.4) is 0 Å². The lowest BCUT2D eigenvalue weighted by Gasteiger charge is -2.09. The van der Waals surface area contributed by atoms with Crippen molar-refractivity contribution in [3.63, 3.8) is 0 Å². The molecule has 0 atom stereocenters. The van der Waals surface area contributed by atoms with Crippen molar-refractivity contribution in [1.29, 1.82) is 0 Å². The van der Waals surface area contributed by atoms with E-state index in [1.54, 1.807) is 30.0 Å². The van der Waals surface area contributed by atoms with E-state index in [9.17, 15) is 9.59 Å². The van der Waals surface area contributed by atoms with Crippen LogP contribution in [0.15, 0.2) is 188 Å². The molecule has 0 aliphatic carbocycles. The van der Waals surface area contributed by atoms with Crippen molar-refractivity contribution in [3.05, 3.63) is 216 Å². The van der Waals surface area contributed by atoms with E-state index in [4.69, 9.17) is 20.3 Å². The Kier molecular flexibility index (Phi) is 19.8. The zero-order valence-electron chi connectivity index (χ0n) is 37.5. The average molecular weight is 913 g/mol. The number of nitrogens with two attached hydrogens (primary N) is 1. The van der Waals surface area contributed by atoms with Crippen LogP contribution in [0.5, 0.6) is 23.0 Å². The fraction of sp³-hybridized carbons (Fsp3) is 0.164. The number of benzene rings is 7. The largest absolute Gasteiger partial charge is 0.476 e. The fourth-order valence-corrected chi connectivity index (χ4v) is 6.85. The molecule has 1 amide bonds. The van der Waals surface area contributed by atoms with Gasteiger partial charge in [0, 0.05) is 36.6 Å². The van der Waals surface area contributed by atoms with Gasteiger partial charge in [-0.3, -0.25) is 9.78 Å². The van der Waals surface area contributed by atoms with E-state index >= 15 is 0 Å². The Bertz CT molecular complexity index is 2690. The Morgan fingerprint density at radius 2 is 1.01 bits per heavy atom. The molecule has 0 aliphatic rings. The van der Waals surface area contributed by atoms with Gasteiger partial charge in [-0.1, -0.05) is 97.1 Å². The normalized spacial score (nSPS) is 10.5. The third kappa shape index (κ3) is 17.8. The van der Waals surface area contributed by atoms with Crippen LogP contribution in [-0.4, -0.2) is 52.0 Å². The molecular weight excluding hydrogens is 857 g/mol. The second-order valence-electron chi connectivity index (χ2n) is 15.3. The number of fused-ring (bicyclic) bond motifs is 1. The van der Waals surface area contributed by atoms with Crippen LogP contribution in [0.4, 0.5) is 11.4 Å². The molecule has 6 N–H and O–H groups in total. The predicted molar refractivity (Wildman–Crippen MR) is 272 cm³/mol. The summed E-state index contributed by atoms with van der Waals surface area (Å²) in [6.07, 6.45) is 5.74. The summed E-state index contributed by atoms with van der Waals surface area (Å²) in [6.45, 7) is 3.67. The van der Waals surface area contributed by atoms with Crippen LogP contribution in [-0.2, 0) is 30.7 Å². The lowest BCUT2D eigenvalue weighted by atomic mass is 10.1. The van der Waals surface area contributed by atoms with Gasteiger partial charge < -0.3 is 36.3 Å². The van der Waals surface area contributed by atoms with E-state index in [1.807, 2.05) is 97.3 Å². The first-order valence-corrected chi connectivity index (χ1v) is 23.4. The molecule has 0 aliphatic heterocycles. The van der Waals surface area contributed by atoms with Gasteiger partial charge in [-0.2, -0.15) is 11.8 Å². The van der Waals surface area contributed by atoms with Gasteiger partial charge in [0.25, 0.3) is 0 Å². The molecular formula is C55H56N6O5S. The van der Waals surface area contributed by atoms with Crippen LogP contribution in [0.1, 0.15) is 39.2 Å². The van der Waals surface area contributed by atoms with E-state index < -0.39 is 5.97 Å². The molecule has 12 heteroatoms. The number of amides is 1. The summed E-state index contributed by atoms with van der Waals surface area (Å²) in [7, 11) is 0. The lowest BCUT2D eigenvalue weighted by molar-refractivity contribution is -0.115. The number of carbonyl (C=O) groups is 2. The topological polar surface area (TPSA) is 161 Å². The number of nitrogens with zero attached hydrogens (tertiary/aromatic N) is 2. The fourth-order valence-electron chi connectivity index (χ4n) is 6.46. The average Bonchev–Trinajstić information content (AvgIpc) is 3.37. The van der Waals surface area contributed by atoms with Crippen LogP contribution in [0.2, 0.25) is 0 Å². The van der Waals surface area contributed by atoms with Gasteiger partial charge in [-0.15, -0.1) is 0 Å². The Morgan fingerprint density at radius 3 is 1.49 bits per heavy atom. The molecule has 0 bridgehead atoms. The first kappa shape index (κ1) is 48.9. The number of ether oxygens (including phenoxy) is 2. The lowest BCUT2D eigenvalue weighted by Crippen LogP contribution is -2.16. The zero-order chi connectivity index (χ0) is 46.9. The summed E-state index contributed by atoms with van der Waals surface area (Å²) in [5, 5.41) is 18.5. The van der Waals surface area contributed by atoms with E-state index in [2.05, 4.69) is 98.7 Å². The highest BCUT2D eigenvalue weighted by Crippen LogP contribution is 2.25. The van der Waals surface area contributed by atoms with Crippen LogP contribution in [0.25, 0.3) is 11.0 Å². The monoisotopic (exact) mass is 912 g/mol. The minimum absolute atomic E-state index is 0.0290. The number of aromatic nitrogens is 2. The van der Waals surface area contributed by atoms with Gasteiger partial charge >= 0.3 is 5.97 Å². The SMILES string of the molecule is CSCCC(=O)Nc1ccc(Oc2ccc(CCNCc3ccccc3)cc2)cc1.Nc1ccc(Oc2ccc(CCNCc3ccccc3)cc2)cc1.O=C(O)c1cnc2ccccc2n1. The molecule has 0 radical (unpaired) electrons. The number of thioether (sulfide) groups is 1. The summed E-state index contributed by atoms with van der Waals surface area (Å²) >= 11 is 1.67. The number of hydrogen-bond acceptors (Lipinski definition) is 10. The molecule has 0 saturated heterocycles. The number of anilines is 2. The number of aromatic carboxylic acids is 1. The van der Waals surface area contributed by atoms with Gasteiger partial charge in [0.2, 0.25) is 5.91 Å². The third-order valence-electron chi connectivity index (χ3n) is 10.1. The van der Waals surface area contributed by atoms with Crippen molar-refractivity contribution >= 4 is 46.0 Å². The number of nitrogens with one attached hydrogen (secondary N) is 3. The smallest absolute Gasteiger partial charge is 0.356 e. The summed E-state index contributed by atoms with van der Waals surface area (Å²) < 4.78 is 11.7. The first-order valence-electron chi connectivity index (χ1n) is 22.0. The molecule has 0 fully saturated rings. The van der Waals surface area contributed by atoms with Crippen molar-refractivity contribution in [2.75, 3.05) is 36.1 Å². The Hall–Kier alpha value is -7.51. The second-order valence-corrected chi connectivity index (χ2v) is 16.2. The molecule has 342 valence electrons. The summed E-state index contributed by atoms with van der Waals surface area (Å²) in [5.74, 6) is 2.97. The highest BCUT2D eigenvalue weighted by Gasteiger charge is 2.06. The highest BCUT2D eigenvalue weighted by molar-refractivity contribution is 7.98. The van der Waals surface area contributed by atoms with Crippen molar-refractivity contribution in [3.8, 4) is 23.0 Å². The highest BCUT2D eigenvalue weighted by atomic mass is 32.2. The van der Waals surface area contributed by atoms with Crippen molar-refractivity contribution in [1.82, 2.24) is 20.6 Å². The van der Waals surface area contributed by atoms with Gasteiger partial charge in [-0.05, 0) is 139 Å². The summed E-state index contributed by atoms with van der Waals surface area (Å²) in [6, 6.07) is 59.3. The maximum Gasteiger partial charge on any atom is 0.356 e. The van der Waals surface area contributed by atoms with E-state index in [0.29, 0.717) is 17.5 Å². The van der Waals surface area contributed by atoms with E-state index in [-0.39, 0.29) is 11.6 Å². The Morgan fingerprint density at radius 1 is 0.567 bits per heavy atom. The number of carbonyl (C=O) groups excluding carboxylic acids is 1. The number of rotatable bonds is 19.